The van der Waals surface area contributed by atoms with Crippen molar-refractivity contribution >= 4 is 11.7 Å². The average molecular weight is 250 g/mol. The topological polar surface area (TPSA) is 74.7 Å². The van der Waals surface area contributed by atoms with Crippen LogP contribution in [0.5, 0.6) is 0 Å². The summed E-state index contributed by atoms with van der Waals surface area (Å²) in [4.78, 5) is 6.66. The molecule has 0 fully saturated rings. The first-order chi connectivity index (χ1) is 8.49. The number of nitrogens with two attached hydrogens (primary N) is 1. The number of amidine groups is 1. The van der Waals surface area contributed by atoms with Crippen LogP contribution in [0.25, 0.3) is 0 Å². The third kappa shape index (κ3) is 3.35. The minimum absolute atomic E-state index is 0.0970. The molecule has 5 heteroatoms. The van der Waals surface area contributed by atoms with Gasteiger partial charge in [0.2, 0.25) is 0 Å². The molecular formula is C13H22N4O. The van der Waals surface area contributed by atoms with Gasteiger partial charge in [0.25, 0.3) is 0 Å². The van der Waals surface area contributed by atoms with Crippen molar-refractivity contribution in [3.63, 3.8) is 0 Å². The number of hydrogen-bond donors (Lipinski definition) is 2. The molecule has 1 heterocycles. The van der Waals surface area contributed by atoms with Gasteiger partial charge in [0.15, 0.2) is 5.84 Å². The van der Waals surface area contributed by atoms with Gasteiger partial charge in [-0.15, -0.1) is 0 Å². The highest BCUT2D eigenvalue weighted by atomic mass is 16.4. The molecule has 1 aromatic heterocycles. The summed E-state index contributed by atoms with van der Waals surface area (Å²) in [5.74, 6) is 1.40. The molecule has 0 spiro atoms. The van der Waals surface area contributed by atoms with Crippen LogP contribution in [-0.2, 0) is 0 Å². The maximum atomic E-state index is 8.83. The number of aromatic nitrogens is 1. The van der Waals surface area contributed by atoms with E-state index < -0.39 is 0 Å². The summed E-state index contributed by atoms with van der Waals surface area (Å²) in [5.41, 5.74) is 7.29. The Morgan fingerprint density at radius 2 is 2.17 bits per heavy atom. The van der Waals surface area contributed by atoms with E-state index in [1.165, 1.54) is 0 Å². The van der Waals surface area contributed by atoms with E-state index in [9.17, 15) is 0 Å². The molecule has 3 N–H and O–H groups in total. The van der Waals surface area contributed by atoms with Crippen molar-refractivity contribution in [3.8, 4) is 0 Å². The molecule has 0 aliphatic carbocycles. The van der Waals surface area contributed by atoms with Crippen LogP contribution in [0.2, 0.25) is 0 Å². The Labute approximate surface area is 108 Å². The van der Waals surface area contributed by atoms with Gasteiger partial charge in [0.05, 0.1) is 5.56 Å². The zero-order valence-electron chi connectivity index (χ0n) is 11.5. The first kappa shape index (κ1) is 14.3. The maximum Gasteiger partial charge on any atom is 0.173 e. The number of nitrogens with zero attached hydrogens (tertiary/aromatic N) is 3. The summed E-state index contributed by atoms with van der Waals surface area (Å²) >= 11 is 0. The largest absolute Gasteiger partial charge is 0.409 e. The Bertz CT molecular complexity index is 429. The molecular weight excluding hydrogens is 228 g/mol. The molecule has 100 valence electrons. The molecule has 18 heavy (non-hydrogen) atoms. The Morgan fingerprint density at radius 3 is 2.67 bits per heavy atom. The second kappa shape index (κ2) is 6.23. The van der Waals surface area contributed by atoms with E-state index in [-0.39, 0.29) is 5.84 Å². The molecule has 0 saturated heterocycles. The lowest BCUT2D eigenvalue weighted by atomic mass is 10.1. The lowest BCUT2D eigenvalue weighted by Crippen LogP contribution is -2.31. The van der Waals surface area contributed by atoms with E-state index in [2.05, 4.69) is 35.8 Å². The number of hydrogen-bond acceptors (Lipinski definition) is 4. The van der Waals surface area contributed by atoms with E-state index in [0.717, 1.165) is 24.6 Å². The van der Waals surface area contributed by atoms with Crippen LogP contribution in [0.15, 0.2) is 17.3 Å². The second-order valence-corrected chi connectivity index (χ2v) is 4.74. The van der Waals surface area contributed by atoms with Gasteiger partial charge in [0.1, 0.15) is 5.82 Å². The van der Waals surface area contributed by atoms with Crippen molar-refractivity contribution in [2.45, 2.75) is 27.7 Å². The average Bonchev–Trinajstić information content (AvgIpc) is 2.34. The zero-order valence-corrected chi connectivity index (χ0v) is 11.5. The van der Waals surface area contributed by atoms with Crippen molar-refractivity contribution in [2.75, 3.05) is 18.0 Å². The Balaban J connectivity index is 3.22. The van der Waals surface area contributed by atoms with Gasteiger partial charge in [-0.05, 0) is 31.9 Å². The third-order valence-corrected chi connectivity index (χ3v) is 2.66. The van der Waals surface area contributed by atoms with E-state index in [0.29, 0.717) is 11.5 Å². The third-order valence-electron chi connectivity index (χ3n) is 2.66. The standard InChI is InChI=1S/C13H22N4O/c1-5-17(8-9(2)3)13-11(12(14)16-18)7-6-10(4)15-13/h6-7,9,18H,5,8H2,1-4H3,(H2,14,16). The van der Waals surface area contributed by atoms with Gasteiger partial charge >= 0.3 is 0 Å². The van der Waals surface area contributed by atoms with Crippen LogP contribution in [-0.4, -0.2) is 29.1 Å². The lowest BCUT2D eigenvalue weighted by Gasteiger charge is -2.26. The van der Waals surface area contributed by atoms with Crippen molar-refractivity contribution in [1.29, 1.82) is 0 Å². The molecule has 0 atom stereocenters. The summed E-state index contributed by atoms with van der Waals surface area (Å²) in [6.45, 7) is 10.0. The smallest absolute Gasteiger partial charge is 0.173 e. The Morgan fingerprint density at radius 1 is 1.50 bits per heavy atom. The summed E-state index contributed by atoms with van der Waals surface area (Å²) in [5, 5.41) is 11.9. The van der Waals surface area contributed by atoms with E-state index in [4.69, 9.17) is 10.9 Å². The number of anilines is 1. The number of oxime groups is 1. The fraction of sp³-hybridized carbons (Fsp3) is 0.538. The normalized spacial score (nSPS) is 11.9. The number of aryl methyl sites for hydroxylation is 1. The predicted molar refractivity (Wildman–Crippen MR) is 74.2 cm³/mol. The molecule has 0 bridgehead atoms. The molecule has 0 aliphatic rings. The lowest BCUT2D eigenvalue weighted by molar-refractivity contribution is 0.318. The highest BCUT2D eigenvalue weighted by Crippen LogP contribution is 2.19. The minimum Gasteiger partial charge on any atom is -0.409 e. The molecule has 0 saturated carbocycles. The van der Waals surface area contributed by atoms with Gasteiger partial charge in [-0.3, -0.25) is 0 Å². The van der Waals surface area contributed by atoms with Crippen molar-refractivity contribution in [2.24, 2.45) is 16.8 Å². The SMILES string of the molecule is CCN(CC(C)C)c1nc(C)ccc1C(N)=NO. The molecule has 0 radical (unpaired) electrons. The highest BCUT2D eigenvalue weighted by Gasteiger charge is 2.15. The highest BCUT2D eigenvalue weighted by molar-refractivity contribution is 6.01. The summed E-state index contributed by atoms with van der Waals surface area (Å²) in [7, 11) is 0. The summed E-state index contributed by atoms with van der Waals surface area (Å²) < 4.78 is 0. The number of rotatable bonds is 5. The van der Waals surface area contributed by atoms with Crippen molar-refractivity contribution in [1.82, 2.24) is 4.98 Å². The molecule has 0 aliphatic heterocycles. The molecule has 0 unspecified atom stereocenters. The fourth-order valence-electron chi connectivity index (χ4n) is 1.84. The number of pyridine rings is 1. The van der Waals surface area contributed by atoms with Gasteiger partial charge in [0, 0.05) is 18.8 Å². The Kier molecular flexibility index (Phi) is 4.95. The summed E-state index contributed by atoms with van der Waals surface area (Å²) in [6.07, 6.45) is 0. The zero-order chi connectivity index (χ0) is 13.7. The molecule has 1 rings (SSSR count). The first-order valence-electron chi connectivity index (χ1n) is 6.20. The Hall–Kier alpha value is -1.78. The van der Waals surface area contributed by atoms with Crippen LogP contribution in [0.1, 0.15) is 32.0 Å². The van der Waals surface area contributed by atoms with Gasteiger partial charge in [-0.25, -0.2) is 4.98 Å². The van der Waals surface area contributed by atoms with Crippen LogP contribution < -0.4 is 10.6 Å². The van der Waals surface area contributed by atoms with Gasteiger partial charge < -0.3 is 15.8 Å². The van der Waals surface area contributed by atoms with Crippen LogP contribution in [0.4, 0.5) is 5.82 Å². The quantitative estimate of drug-likeness (QED) is 0.362. The van der Waals surface area contributed by atoms with Crippen molar-refractivity contribution < 1.29 is 5.21 Å². The van der Waals surface area contributed by atoms with Crippen molar-refractivity contribution in [3.05, 3.63) is 23.4 Å². The van der Waals surface area contributed by atoms with Gasteiger partial charge in [-0.1, -0.05) is 19.0 Å². The van der Waals surface area contributed by atoms with Gasteiger partial charge in [-0.2, -0.15) is 0 Å². The van der Waals surface area contributed by atoms with E-state index in [1.54, 1.807) is 0 Å². The van der Waals surface area contributed by atoms with Crippen LogP contribution >= 0.6 is 0 Å². The molecule has 0 amide bonds. The molecule has 1 aromatic rings. The molecule has 0 aromatic carbocycles. The van der Waals surface area contributed by atoms with E-state index >= 15 is 0 Å². The molecule has 5 nitrogen and oxygen atoms in total. The maximum absolute atomic E-state index is 8.83. The fourth-order valence-corrected chi connectivity index (χ4v) is 1.84. The van der Waals surface area contributed by atoms with E-state index in [1.807, 2.05) is 19.1 Å². The minimum atomic E-state index is 0.0970. The second-order valence-electron chi connectivity index (χ2n) is 4.74. The monoisotopic (exact) mass is 250 g/mol. The van der Waals surface area contributed by atoms with Crippen LogP contribution in [0.3, 0.4) is 0 Å². The first-order valence-corrected chi connectivity index (χ1v) is 6.20. The predicted octanol–water partition coefficient (Wildman–Crippen LogP) is 1.97. The summed E-state index contributed by atoms with van der Waals surface area (Å²) in [6, 6.07) is 3.70. The van der Waals surface area contributed by atoms with Crippen LogP contribution in [0, 0.1) is 12.8 Å².